The van der Waals surface area contributed by atoms with E-state index in [1.54, 1.807) is 12.2 Å². The van der Waals surface area contributed by atoms with E-state index in [2.05, 4.69) is 5.32 Å². The minimum absolute atomic E-state index is 0.00800. The molecular weight excluding hydrogens is 539 g/mol. The van der Waals surface area contributed by atoms with Gasteiger partial charge in [-0.25, -0.2) is 0 Å². The van der Waals surface area contributed by atoms with Gasteiger partial charge in [0.1, 0.15) is 5.75 Å². The second kappa shape index (κ2) is 11.6. The number of methoxy groups -OCH3 is 1. The SMILES string of the molecule is COc1ccc(C2CC(CNC(=O)C3CCN(c4c([N+](=O)[O-])cc(C(F)(F)F)cc4[N+](=O)[O-])CC3)ON2C)cc1. The monoisotopic (exact) mass is 567 g/mol. The Balaban J connectivity index is 1.37. The Hall–Kier alpha value is -3.98. The first-order valence-corrected chi connectivity index (χ1v) is 12.5. The van der Waals surface area contributed by atoms with Crippen LogP contribution in [-0.4, -0.2) is 60.7 Å². The Bertz CT molecular complexity index is 1230. The maximum absolute atomic E-state index is 13.2. The molecular formula is C25H28F3N5O7. The van der Waals surface area contributed by atoms with Crippen LogP contribution in [0.1, 0.15) is 36.4 Å². The Labute approximate surface area is 226 Å². The molecule has 1 N–H and O–H groups in total. The maximum Gasteiger partial charge on any atom is 0.416 e. The van der Waals surface area contributed by atoms with E-state index in [1.165, 1.54) is 4.90 Å². The zero-order valence-electron chi connectivity index (χ0n) is 21.7. The average Bonchev–Trinajstić information content (AvgIpc) is 3.30. The van der Waals surface area contributed by atoms with E-state index >= 15 is 0 Å². The summed E-state index contributed by atoms with van der Waals surface area (Å²) in [5, 5.41) is 27.8. The fraction of sp³-hybridized carbons (Fsp3) is 0.480. The minimum atomic E-state index is -4.99. The molecule has 0 bridgehead atoms. The van der Waals surface area contributed by atoms with Crippen molar-refractivity contribution in [2.45, 2.75) is 37.6 Å². The molecule has 2 unspecified atom stereocenters. The van der Waals surface area contributed by atoms with Gasteiger partial charge in [-0.1, -0.05) is 12.1 Å². The molecule has 15 heteroatoms. The number of rotatable bonds is 8. The lowest BCUT2D eigenvalue weighted by Gasteiger charge is -2.32. The molecule has 0 aromatic heterocycles. The molecule has 1 amide bonds. The summed E-state index contributed by atoms with van der Waals surface area (Å²) in [6.45, 7) is 0.298. The van der Waals surface area contributed by atoms with Gasteiger partial charge < -0.3 is 15.0 Å². The largest absolute Gasteiger partial charge is 0.497 e. The molecule has 2 aliphatic heterocycles. The zero-order valence-corrected chi connectivity index (χ0v) is 21.7. The summed E-state index contributed by atoms with van der Waals surface area (Å²) in [5.41, 5.74) is -2.93. The standard InChI is InChI=1S/C25H28F3N5O7/c1-30-20(15-3-5-18(39-2)6-4-15)13-19(40-30)14-29-24(34)16-7-9-31(10-8-16)23-21(32(35)36)11-17(25(26,27)28)12-22(23)33(37)38/h3-6,11-12,16,19-20H,7-10,13-14H2,1-2H3,(H,29,34). The van der Waals surface area contributed by atoms with Crippen LogP contribution in [0.15, 0.2) is 36.4 Å². The van der Waals surface area contributed by atoms with Crippen molar-refractivity contribution in [2.24, 2.45) is 5.92 Å². The van der Waals surface area contributed by atoms with Gasteiger partial charge in [-0.3, -0.25) is 29.9 Å². The molecule has 2 saturated heterocycles. The summed E-state index contributed by atoms with van der Waals surface area (Å²) in [4.78, 5) is 41.0. The van der Waals surface area contributed by atoms with Crippen molar-refractivity contribution in [3.8, 4) is 5.75 Å². The maximum atomic E-state index is 13.2. The van der Waals surface area contributed by atoms with Crippen LogP contribution in [0.3, 0.4) is 0 Å². The molecule has 40 heavy (non-hydrogen) atoms. The van der Waals surface area contributed by atoms with Gasteiger partial charge in [0.15, 0.2) is 5.69 Å². The lowest BCUT2D eigenvalue weighted by molar-refractivity contribution is -0.393. The van der Waals surface area contributed by atoms with E-state index in [9.17, 15) is 38.2 Å². The van der Waals surface area contributed by atoms with E-state index in [4.69, 9.17) is 9.57 Å². The number of carbonyl (C=O) groups is 1. The number of carbonyl (C=O) groups excluding carboxylic acids is 1. The summed E-state index contributed by atoms with van der Waals surface area (Å²) in [7, 11) is 3.40. The van der Waals surface area contributed by atoms with Crippen LogP contribution in [0.4, 0.5) is 30.2 Å². The van der Waals surface area contributed by atoms with Crippen LogP contribution < -0.4 is 15.0 Å². The van der Waals surface area contributed by atoms with Gasteiger partial charge >= 0.3 is 6.18 Å². The number of hydrogen-bond acceptors (Lipinski definition) is 9. The molecule has 2 aromatic rings. The number of ether oxygens (including phenoxy) is 1. The third-order valence-electron chi connectivity index (χ3n) is 7.22. The second-order valence-corrected chi connectivity index (χ2v) is 9.68. The highest BCUT2D eigenvalue weighted by Gasteiger charge is 2.40. The Kier molecular flexibility index (Phi) is 8.44. The Morgan fingerprint density at radius 1 is 1.10 bits per heavy atom. The minimum Gasteiger partial charge on any atom is -0.497 e. The van der Waals surface area contributed by atoms with Gasteiger partial charge in [-0.05, 0) is 37.0 Å². The molecule has 4 rings (SSSR count). The van der Waals surface area contributed by atoms with Crippen molar-refractivity contribution in [2.75, 3.05) is 38.7 Å². The summed E-state index contributed by atoms with van der Waals surface area (Å²) < 4.78 is 44.8. The van der Waals surface area contributed by atoms with Crippen molar-refractivity contribution < 1.29 is 37.4 Å². The number of anilines is 1. The van der Waals surface area contributed by atoms with Gasteiger partial charge in [-0.15, -0.1) is 0 Å². The number of hydrogen-bond donors (Lipinski definition) is 1. The van der Waals surface area contributed by atoms with Crippen molar-refractivity contribution >= 4 is 23.0 Å². The van der Waals surface area contributed by atoms with Gasteiger partial charge in [0.25, 0.3) is 11.4 Å². The third kappa shape index (κ3) is 6.25. The molecule has 0 radical (unpaired) electrons. The Morgan fingerprint density at radius 2 is 1.68 bits per heavy atom. The van der Waals surface area contributed by atoms with E-state index < -0.39 is 44.6 Å². The van der Waals surface area contributed by atoms with Crippen molar-refractivity contribution in [3.63, 3.8) is 0 Å². The van der Waals surface area contributed by atoms with Crippen molar-refractivity contribution in [1.82, 2.24) is 10.4 Å². The predicted octanol–water partition coefficient (Wildman–Crippen LogP) is 4.24. The van der Waals surface area contributed by atoms with Gasteiger partial charge in [0.05, 0.1) is 34.7 Å². The normalized spacial score (nSPS) is 20.4. The van der Waals surface area contributed by atoms with Crippen molar-refractivity contribution in [1.29, 1.82) is 0 Å². The van der Waals surface area contributed by atoms with Gasteiger partial charge in [0, 0.05) is 44.7 Å². The van der Waals surface area contributed by atoms with Gasteiger partial charge in [0.2, 0.25) is 5.91 Å². The van der Waals surface area contributed by atoms with Crippen molar-refractivity contribution in [3.05, 3.63) is 67.8 Å². The average molecular weight is 568 g/mol. The molecule has 2 aliphatic rings. The topological polar surface area (TPSA) is 140 Å². The molecule has 2 atom stereocenters. The number of nitro benzene ring substituents is 2. The number of amides is 1. The molecule has 2 fully saturated rings. The number of nitrogens with one attached hydrogen (secondary N) is 1. The third-order valence-corrected chi connectivity index (χ3v) is 7.22. The molecule has 12 nitrogen and oxygen atoms in total. The summed E-state index contributed by atoms with van der Waals surface area (Å²) in [6, 6.07) is 8.22. The fourth-order valence-electron chi connectivity index (χ4n) is 5.14. The van der Waals surface area contributed by atoms with E-state index in [1.807, 2.05) is 31.3 Å². The highest BCUT2D eigenvalue weighted by Crippen LogP contribution is 2.44. The molecule has 0 aliphatic carbocycles. The first-order chi connectivity index (χ1) is 18.9. The zero-order chi connectivity index (χ0) is 29.2. The number of hydroxylamine groups is 2. The molecule has 216 valence electrons. The summed E-state index contributed by atoms with van der Waals surface area (Å²) in [6.07, 6.45) is -4.20. The van der Waals surface area contributed by atoms with E-state index in [0.29, 0.717) is 18.6 Å². The first kappa shape index (κ1) is 29.0. The number of benzene rings is 2. The Morgan fingerprint density at radius 3 is 2.17 bits per heavy atom. The fourth-order valence-corrected chi connectivity index (χ4v) is 5.14. The quantitative estimate of drug-likeness (QED) is 0.366. The first-order valence-electron chi connectivity index (χ1n) is 12.5. The number of nitrogens with zero attached hydrogens (tertiary/aromatic N) is 4. The van der Waals surface area contributed by atoms with Crippen LogP contribution in [0.25, 0.3) is 0 Å². The van der Waals surface area contributed by atoms with Crippen LogP contribution in [0, 0.1) is 26.1 Å². The van der Waals surface area contributed by atoms with Crippen LogP contribution in [0.2, 0.25) is 0 Å². The lowest BCUT2D eigenvalue weighted by Crippen LogP contribution is -2.42. The smallest absolute Gasteiger partial charge is 0.416 e. The van der Waals surface area contributed by atoms with E-state index in [-0.39, 0.29) is 50.5 Å². The number of alkyl halides is 3. The predicted molar refractivity (Wildman–Crippen MR) is 136 cm³/mol. The van der Waals surface area contributed by atoms with E-state index in [0.717, 1.165) is 11.3 Å². The summed E-state index contributed by atoms with van der Waals surface area (Å²) in [5.74, 6) is 0.0123. The molecule has 0 spiro atoms. The molecule has 0 saturated carbocycles. The number of halogens is 3. The highest BCUT2D eigenvalue weighted by atomic mass is 19.4. The molecule has 2 aromatic carbocycles. The van der Waals surface area contributed by atoms with Crippen LogP contribution in [0.5, 0.6) is 5.75 Å². The second-order valence-electron chi connectivity index (χ2n) is 9.68. The van der Waals surface area contributed by atoms with Crippen LogP contribution in [-0.2, 0) is 15.8 Å². The van der Waals surface area contributed by atoms with Gasteiger partial charge in [-0.2, -0.15) is 18.2 Å². The lowest BCUT2D eigenvalue weighted by atomic mass is 9.94. The molecule has 2 heterocycles. The number of piperidine rings is 1. The van der Waals surface area contributed by atoms with Crippen LogP contribution >= 0.6 is 0 Å². The highest BCUT2D eigenvalue weighted by molar-refractivity contribution is 5.80. The summed E-state index contributed by atoms with van der Waals surface area (Å²) >= 11 is 0. The number of nitro groups is 2.